The van der Waals surface area contributed by atoms with Gasteiger partial charge in [-0.05, 0) is 62.9 Å². The second-order valence-corrected chi connectivity index (χ2v) is 10.3. The Balaban J connectivity index is 1.76. The fourth-order valence-electron chi connectivity index (χ4n) is 5.08. The van der Waals surface area contributed by atoms with Crippen molar-refractivity contribution in [3.63, 3.8) is 0 Å². The van der Waals surface area contributed by atoms with Gasteiger partial charge in [0, 0.05) is 12.3 Å². The molecule has 7 atom stereocenters. The second-order valence-electron chi connectivity index (χ2n) is 10.3. The summed E-state index contributed by atoms with van der Waals surface area (Å²) in [4.78, 5) is 24.6. The van der Waals surface area contributed by atoms with Crippen LogP contribution < -0.4 is 0 Å². The molecule has 0 aromatic heterocycles. The van der Waals surface area contributed by atoms with Crippen molar-refractivity contribution >= 4 is 11.9 Å². The summed E-state index contributed by atoms with van der Waals surface area (Å²) in [6.07, 6.45) is 9.61. The highest BCUT2D eigenvalue weighted by Crippen LogP contribution is 2.45. The predicted octanol–water partition coefficient (Wildman–Crippen LogP) is 4.59. The molecule has 0 bridgehead atoms. The molecule has 0 saturated carbocycles. The zero-order chi connectivity index (χ0) is 22.1. The van der Waals surface area contributed by atoms with E-state index in [9.17, 15) is 14.7 Å². The molecular weight excluding hydrogens is 380 g/mol. The molecule has 0 amide bonds. The van der Waals surface area contributed by atoms with E-state index >= 15 is 0 Å². The number of carbonyl (C=O) groups is 2. The van der Waals surface area contributed by atoms with Crippen molar-refractivity contribution in [3.8, 4) is 0 Å². The molecule has 168 valence electrons. The number of carbonyl (C=O) groups excluding carboxylic acids is 2. The molecule has 5 heteroatoms. The van der Waals surface area contributed by atoms with Crippen LogP contribution in [-0.2, 0) is 19.1 Å². The van der Waals surface area contributed by atoms with Crippen LogP contribution in [0.1, 0.15) is 73.1 Å². The van der Waals surface area contributed by atoms with Gasteiger partial charge in [-0.15, -0.1) is 0 Å². The van der Waals surface area contributed by atoms with E-state index in [0.717, 1.165) is 25.7 Å². The topological polar surface area (TPSA) is 72.8 Å². The van der Waals surface area contributed by atoms with Crippen LogP contribution >= 0.6 is 0 Å². The Bertz CT molecular complexity index is 706. The first-order valence-corrected chi connectivity index (χ1v) is 11.6. The van der Waals surface area contributed by atoms with Crippen molar-refractivity contribution in [1.82, 2.24) is 0 Å². The normalized spacial score (nSPS) is 36.5. The maximum atomic E-state index is 12.9. The Kier molecular flexibility index (Phi) is 7.11. The van der Waals surface area contributed by atoms with Crippen molar-refractivity contribution in [1.29, 1.82) is 0 Å². The van der Waals surface area contributed by atoms with Crippen LogP contribution in [0.25, 0.3) is 0 Å². The lowest BCUT2D eigenvalue weighted by molar-refractivity contribution is -0.166. The summed E-state index contributed by atoms with van der Waals surface area (Å²) >= 11 is 0. The first-order chi connectivity index (χ1) is 14.1. The summed E-state index contributed by atoms with van der Waals surface area (Å²) < 4.78 is 11.6. The molecule has 3 rings (SSSR count). The zero-order valence-corrected chi connectivity index (χ0v) is 19.1. The lowest BCUT2D eigenvalue weighted by Gasteiger charge is -2.44. The lowest BCUT2D eigenvalue weighted by Crippen LogP contribution is -2.43. The Morgan fingerprint density at radius 3 is 2.67 bits per heavy atom. The van der Waals surface area contributed by atoms with Gasteiger partial charge in [0.25, 0.3) is 0 Å². The van der Waals surface area contributed by atoms with E-state index in [4.69, 9.17) is 9.47 Å². The summed E-state index contributed by atoms with van der Waals surface area (Å²) in [5, 5.41) is 9.92. The van der Waals surface area contributed by atoms with Gasteiger partial charge in [-0.1, -0.05) is 39.0 Å². The third-order valence-corrected chi connectivity index (χ3v) is 7.35. The molecule has 0 aromatic carbocycles. The van der Waals surface area contributed by atoms with Crippen LogP contribution in [0.4, 0.5) is 0 Å². The van der Waals surface area contributed by atoms with Crippen LogP contribution in [0, 0.1) is 29.1 Å². The fraction of sp³-hybridized carbons (Fsp3) is 0.760. The molecule has 1 N–H and O–H groups in total. The Morgan fingerprint density at radius 1 is 1.27 bits per heavy atom. The van der Waals surface area contributed by atoms with Crippen LogP contribution in [0.5, 0.6) is 0 Å². The average molecular weight is 419 g/mol. The van der Waals surface area contributed by atoms with E-state index in [1.54, 1.807) is 0 Å². The number of rotatable bonds is 6. The van der Waals surface area contributed by atoms with Crippen LogP contribution in [-0.4, -0.2) is 35.4 Å². The van der Waals surface area contributed by atoms with Gasteiger partial charge in [-0.25, -0.2) is 0 Å². The molecule has 1 saturated heterocycles. The van der Waals surface area contributed by atoms with Gasteiger partial charge in [0.1, 0.15) is 12.2 Å². The van der Waals surface area contributed by atoms with Gasteiger partial charge in [-0.3, -0.25) is 9.59 Å². The number of cyclic esters (lactones) is 1. The summed E-state index contributed by atoms with van der Waals surface area (Å²) in [6, 6.07) is 0. The molecular formula is C25H38O5. The highest BCUT2D eigenvalue weighted by molar-refractivity contribution is 5.76. The lowest BCUT2D eigenvalue weighted by atomic mass is 9.65. The highest BCUT2D eigenvalue weighted by Gasteiger charge is 2.43. The second kappa shape index (κ2) is 9.25. The number of hydrogen-bond donors (Lipinski definition) is 1. The Labute approximate surface area is 180 Å². The van der Waals surface area contributed by atoms with Crippen molar-refractivity contribution < 1.29 is 24.2 Å². The largest absolute Gasteiger partial charge is 0.462 e. The van der Waals surface area contributed by atoms with Crippen molar-refractivity contribution in [3.05, 3.63) is 23.8 Å². The van der Waals surface area contributed by atoms with E-state index in [2.05, 4.69) is 32.1 Å². The van der Waals surface area contributed by atoms with E-state index in [1.807, 2.05) is 20.8 Å². The molecule has 5 nitrogen and oxygen atoms in total. The van der Waals surface area contributed by atoms with Gasteiger partial charge in [0.15, 0.2) is 0 Å². The summed E-state index contributed by atoms with van der Waals surface area (Å²) in [5.74, 6) is 0.776. The van der Waals surface area contributed by atoms with Crippen LogP contribution in [0.2, 0.25) is 0 Å². The Hall–Kier alpha value is -1.62. The van der Waals surface area contributed by atoms with Gasteiger partial charge < -0.3 is 14.6 Å². The maximum Gasteiger partial charge on any atom is 0.311 e. The maximum absolute atomic E-state index is 12.9. The minimum Gasteiger partial charge on any atom is -0.462 e. The number of allylic oxidation sites excluding steroid dienone is 3. The quantitative estimate of drug-likeness (QED) is 0.639. The number of aliphatic hydroxyl groups excluding tert-OH is 1. The van der Waals surface area contributed by atoms with Gasteiger partial charge in [0.05, 0.1) is 17.9 Å². The number of esters is 2. The van der Waals surface area contributed by atoms with Crippen molar-refractivity contribution in [2.24, 2.45) is 29.1 Å². The van der Waals surface area contributed by atoms with E-state index in [-0.39, 0.29) is 36.5 Å². The summed E-state index contributed by atoms with van der Waals surface area (Å²) in [5.41, 5.74) is 0.785. The molecule has 2 aliphatic carbocycles. The van der Waals surface area contributed by atoms with Crippen LogP contribution in [0.3, 0.4) is 0 Å². The molecule has 0 spiro atoms. The molecule has 1 fully saturated rings. The first-order valence-electron chi connectivity index (χ1n) is 11.6. The fourth-order valence-corrected chi connectivity index (χ4v) is 5.08. The monoisotopic (exact) mass is 418 g/mol. The van der Waals surface area contributed by atoms with Gasteiger partial charge in [-0.2, -0.15) is 0 Å². The highest BCUT2D eigenvalue weighted by atomic mass is 16.6. The minimum absolute atomic E-state index is 0.0949. The summed E-state index contributed by atoms with van der Waals surface area (Å²) in [7, 11) is 0. The van der Waals surface area contributed by atoms with E-state index < -0.39 is 11.5 Å². The summed E-state index contributed by atoms with van der Waals surface area (Å²) in [6.45, 7) is 10.3. The van der Waals surface area contributed by atoms with Crippen molar-refractivity contribution in [2.75, 3.05) is 0 Å². The Morgan fingerprint density at radius 2 is 2.00 bits per heavy atom. The number of aliphatic hydroxyl groups is 1. The molecule has 3 aliphatic rings. The first kappa shape index (κ1) is 23.1. The molecule has 0 aromatic rings. The predicted molar refractivity (Wildman–Crippen MR) is 115 cm³/mol. The zero-order valence-electron chi connectivity index (χ0n) is 19.1. The molecule has 30 heavy (non-hydrogen) atoms. The van der Waals surface area contributed by atoms with Crippen LogP contribution in [0.15, 0.2) is 23.8 Å². The third kappa shape index (κ3) is 5.16. The van der Waals surface area contributed by atoms with E-state index in [1.165, 1.54) is 5.57 Å². The minimum atomic E-state index is -0.601. The number of hydrogen-bond acceptors (Lipinski definition) is 5. The van der Waals surface area contributed by atoms with Gasteiger partial charge in [0.2, 0.25) is 0 Å². The number of ether oxygens (including phenoxy) is 2. The van der Waals surface area contributed by atoms with E-state index in [0.29, 0.717) is 24.2 Å². The smallest absolute Gasteiger partial charge is 0.311 e. The van der Waals surface area contributed by atoms with Gasteiger partial charge >= 0.3 is 11.9 Å². The number of fused-ring (bicyclic) bond motifs is 1. The van der Waals surface area contributed by atoms with Crippen molar-refractivity contribution in [2.45, 2.75) is 91.5 Å². The molecule has 0 unspecified atom stereocenters. The third-order valence-electron chi connectivity index (χ3n) is 7.35. The standard InChI is InChI=1S/C25H38O5/c1-6-25(4,5)24(28)30-21-12-15(2)11-17-8-7-16(3)20(23(17)21)10-9-19-13-18(26)14-22(27)29-19/h7-8,11,15-16,18-21,23,26H,6,9-10,12-14H2,1-5H3/t15-,16+,18-,19+,20+,21-,23+/m1/s1. The average Bonchev–Trinajstić information content (AvgIpc) is 2.66. The molecule has 1 aliphatic heterocycles. The molecule has 0 radical (unpaired) electrons. The molecule has 1 heterocycles. The SMILES string of the molecule is CCC(C)(C)C(=O)O[C@@H]1C[C@H](C)C=C2C=C[C@H](C)[C@H](CC[C@H]3C[C@@H](O)CC(=O)O3)[C@H]21.